The van der Waals surface area contributed by atoms with Gasteiger partial charge in [-0.1, -0.05) is 39.5 Å². The highest BCUT2D eigenvalue weighted by molar-refractivity contribution is 4.83. The molecular weight excluding hydrogens is 160 g/mol. The van der Waals surface area contributed by atoms with Gasteiger partial charge in [-0.05, 0) is 24.7 Å². The SMILES string of the molecule is CCC(CC)C(NN)C1CCCC1. The molecule has 0 bridgehead atoms. The van der Waals surface area contributed by atoms with E-state index in [1.807, 2.05) is 0 Å². The van der Waals surface area contributed by atoms with E-state index in [1.165, 1.54) is 38.5 Å². The first kappa shape index (κ1) is 11.0. The number of rotatable bonds is 5. The highest BCUT2D eigenvalue weighted by Gasteiger charge is 2.28. The molecule has 1 saturated carbocycles. The molecule has 0 aromatic rings. The lowest BCUT2D eigenvalue weighted by Crippen LogP contribution is -2.45. The van der Waals surface area contributed by atoms with Crippen LogP contribution >= 0.6 is 0 Å². The summed E-state index contributed by atoms with van der Waals surface area (Å²) in [5.41, 5.74) is 3.05. The Hall–Kier alpha value is -0.0800. The standard InChI is InChI=1S/C11H24N2/c1-3-9(4-2)11(13-12)10-7-5-6-8-10/h9-11,13H,3-8,12H2,1-2H3. The summed E-state index contributed by atoms with van der Waals surface area (Å²) in [6.07, 6.45) is 8.08. The third-order valence-electron chi connectivity index (χ3n) is 3.66. The summed E-state index contributed by atoms with van der Waals surface area (Å²) < 4.78 is 0. The van der Waals surface area contributed by atoms with Gasteiger partial charge in [-0.2, -0.15) is 0 Å². The van der Waals surface area contributed by atoms with Crippen LogP contribution < -0.4 is 11.3 Å². The molecule has 2 nitrogen and oxygen atoms in total. The minimum Gasteiger partial charge on any atom is -0.271 e. The van der Waals surface area contributed by atoms with Crippen LogP contribution in [0.2, 0.25) is 0 Å². The van der Waals surface area contributed by atoms with Gasteiger partial charge >= 0.3 is 0 Å². The Balaban J connectivity index is 2.48. The van der Waals surface area contributed by atoms with Gasteiger partial charge in [-0.25, -0.2) is 0 Å². The zero-order chi connectivity index (χ0) is 9.68. The lowest BCUT2D eigenvalue weighted by molar-refractivity contribution is 0.248. The zero-order valence-corrected chi connectivity index (χ0v) is 9.05. The predicted molar refractivity (Wildman–Crippen MR) is 57.1 cm³/mol. The van der Waals surface area contributed by atoms with Gasteiger partial charge in [-0.15, -0.1) is 0 Å². The maximum absolute atomic E-state index is 5.65. The van der Waals surface area contributed by atoms with Gasteiger partial charge in [-0.3, -0.25) is 11.3 Å². The number of nitrogens with two attached hydrogens (primary N) is 1. The van der Waals surface area contributed by atoms with Crippen LogP contribution in [0.5, 0.6) is 0 Å². The van der Waals surface area contributed by atoms with E-state index in [4.69, 9.17) is 5.84 Å². The molecule has 2 heteroatoms. The van der Waals surface area contributed by atoms with Crippen LogP contribution in [0.1, 0.15) is 52.4 Å². The molecule has 0 aromatic heterocycles. The van der Waals surface area contributed by atoms with Crippen molar-refractivity contribution < 1.29 is 0 Å². The number of hydrazine groups is 1. The second-order valence-corrected chi connectivity index (χ2v) is 4.31. The van der Waals surface area contributed by atoms with Gasteiger partial charge < -0.3 is 0 Å². The smallest absolute Gasteiger partial charge is 0.0266 e. The molecule has 0 aliphatic heterocycles. The van der Waals surface area contributed by atoms with Crippen molar-refractivity contribution in [1.29, 1.82) is 0 Å². The van der Waals surface area contributed by atoms with Crippen molar-refractivity contribution >= 4 is 0 Å². The predicted octanol–water partition coefficient (Wildman–Crippen LogP) is 2.44. The number of hydrogen-bond acceptors (Lipinski definition) is 2. The van der Waals surface area contributed by atoms with Gasteiger partial charge in [0.15, 0.2) is 0 Å². The Kier molecular flexibility index (Phi) is 4.74. The number of nitrogens with one attached hydrogen (secondary N) is 1. The fraction of sp³-hybridized carbons (Fsp3) is 1.00. The summed E-state index contributed by atoms with van der Waals surface area (Å²) in [5.74, 6) is 7.27. The first-order valence-corrected chi connectivity index (χ1v) is 5.79. The van der Waals surface area contributed by atoms with Crippen LogP contribution in [-0.2, 0) is 0 Å². The molecule has 0 heterocycles. The van der Waals surface area contributed by atoms with Crippen molar-refractivity contribution in [3.8, 4) is 0 Å². The fourth-order valence-electron chi connectivity index (χ4n) is 2.77. The molecule has 0 radical (unpaired) electrons. The van der Waals surface area contributed by atoms with Crippen LogP contribution in [0, 0.1) is 11.8 Å². The molecule has 78 valence electrons. The van der Waals surface area contributed by atoms with Gasteiger partial charge in [0.1, 0.15) is 0 Å². The van der Waals surface area contributed by atoms with E-state index in [-0.39, 0.29) is 0 Å². The highest BCUT2D eigenvalue weighted by Crippen LogP contribution is 2.32. The van der Waals surface area contributed by atoms with E-state index >= 15 is 0 Å². The maximum Gasteiger partial charge on any atom is 0.0266 e. The van der Waals surface area contributed by atoms with Crippen molar-refractivity contribution in [3.05, 3.63) is 0 Å². The molecule has 0 spiro atoms. The third-order valence-corrected chi connectivity index (χ3v) is 3.66. The van der Waals surface area contributed by atoms with Crippen LogP contribution in [0.15, 0.2) is 0 Å². The topological polar surface area (TPSA) is 38.0 Å². The Bertz CT molecular complexity index is 124. The minimum absolute atomic E-state index is 0.567. The van der Waals surface area contributed by atoms with Crippen molar-refractivity contribution in [1.82, 2.24) is 5.43 Å². The fourth-order valence-corrected chi connectivity index (χ4v) is 2.77. The van der Waals surface area contributed by atoms with Crippen LogP contribution in [0.3, 0.4) is 0 Å². The Morgan fingerprint density at radius 2 is 1.77 bits per heavy atom. The average Bonchev–Trinajstić information content (AvgIpc) is 2.66. The van der Waals surface area contributed by atoms with Crippen LogP contribution in [0.25, 0.3) is 0 Å². The van der Waals surface area contributed by atoms with Gasteiger partial charge in [0.2, 0.25) is 0 Å². The van der Waals surface area contributed by atoms with Crippen molar-refractivity contribution in [3.63, 3.8) is 0 Å². The molecule has 1 unspecified atom stereocenters. The first-order valence-electron chi connectivity index (χ1n) is 5.79. The lowest BCUT2D eigenvalue weighted by atomic mass is 9.84. The Labute approximate surface area is 82.2 Å². The molecule has 3 N–H and O–H groups in total. The van der Waals surface area contributed by atoms with Crippen molar-refractivity contribution in [2.45, 2.75) is 58.4 Å². The maximum atomic E-state index is 5.65. The zero-order valence-electron chi connectivity index (χ0n) is 9.05. The highest BCUT2D eigenvalue weighted by atomic mass is 15.2. The summed E-state index contributed by atoms with van der Waals surface area (Å²) >= 11 is 0. The number of hydrogen-bond donors (Lipinski definition) is 2. The summed E-state index contributed by atoms with van der Waals surface area (Å²) in [4.78, 5) is 0. The van der Waals surface area contributed by atoms with E-state index in [2.05, 4.69) is 19.3 Å². The molecule has 13 heavy (non-hydrogen) atoms. The summed E-state index contributed by atoms with van der Waals surface area (Å²) in [6.45, 7) is 4.54. The first-order chi connectivity index (χ1) is 6.33. The average molecular weight is 184 g/mol. The molecule has 0 amide bonds. The molecule has 1 rings (SSSR count). The minimum atomic E-state index is 0.567. The summed E-state index contributed by atoms with van der Waals surface area (Å²) in [5, 5.41) is 0. The summed E-state index contributed by atoms with van der Waals surface area (Å²) in [7, 11) is 0. The van der Waals surface area contributed by atoms with Crippen LogP contribution in [0.4, 0.5) is 0 Å². The van der Waals surface area contributed by atoms with E-state index in [0.717, 1.165) is 11.8 Å². The van der Waals surface area contributed by atoms with Crippen molar-refractivity contribution in [2.75, 3.05) is 0 Å². The largest absolute Gasteiger partial charge is 0.271 e. The van der Waals surface area contributed by atoms with E-state index in [9.17, 15) is 0 Å². The Morgan fingerprint density at radius 1 is 1.23 bits per heavy atom. The second kappa shape index (κ2) is 5.61. The monoisotopic (exact) mass is 184 g/mol. The van der Waals surface area contributed by atoms with Gasteiger partial charge in [0, 0.05) is 6.04 Å². The molecule has 0 saturated heterocycles. The van der Waals surface area contributed by atoms with E-state index in [1.54, 1.807) is 0 Å². The molecule has 0 aromatic carbocycles. The Morgan fingerprint density at radius 3 is 2.15 bits per heavy atom. The molecule has 1 aliphatic rings. The molecular formula is C11H24N2. The second-order valence-electron chi connectivity index (χ2n) is 4.31. The normalized spacial score (nSPS) is 21.2. The van der Waals surface area contributed by atoms with Crippen molar-refractivity contribution in [2.24, 2.45) is 17.7 Å². The van der Waals surface area contributed by atoms with E-state index < -0.39 is 0 Å². The van der Waals surface area contributed by atoms with Crippen LogP contribution in [-0.4, -0.2) is 6.04 Å². The molecule has 1 fully saturated rings. The quantitative estimate of drug-likeness (QED) is 0.509. The molecule has 1 aliphatic carbocycles. The summed E-state index contributed by atoms with van der Waals surface area (Å²) in [6, 6.07) is 0.567. The lowest BCUT2D eigenvalue weighted by Gasteiger charge is -2.29. The van der Waals surface area contributed by atoms with E-state index in [0.29, 0.717) is 6.04 Å². The van der Waals surface area contributed by atoms with Gasteiger partial charge in [0.25, 0.3) is 0 Å². The third kappa shape index (κ3) is 2.68. The molecule has 1 atom stereocenters. The van der Waals surface area contributed by atoms with Gasteiger partial charge in [0.05, 0.1) is 0 Å².